The number of aromatic nitrogens is 2. The van der Waals surface area contributed by atoms with Crippen LogP contribution in [0.2, 0.25) is 0 Å². The summed E-state index contributed by atoms with van der Waals surface area (Å²) in [6.07, 6.45) is 3.29. The number of fused-ring (bicyclic) bond motifs is 1. The van der Waals surface area contributed by atoms with E-state index >= 15 is 0 Å². The van der Waals surface area contributed by atoms with Crippen molar-refractivity contribution in [1.29, 1.82) is 0 Å². The molecule has 0 spiro atoms. The molecule has 0 radical (unpaired) electrons. The first-order valence-electron chi connectivity index (χ1n) is 4.84. The molecule has 0 unspecified atom stereocenters. The van der Waals surface area contributed by atoms with Gasteiger partial charge in [0.2, 0.25) is 10.0 Å². The first-order valence-corrected chi connectivity index (χ1v) is 6.38. The lowest BCUT2D eigenvalue weighted by Crippen LogP contribution is -2.12. The molecule has 1 aliphatic rings. The second-order valence-electron chi connectivity index (χ2n) is 3.91. The fourth-order valence-corrected chi connectivity index (χ4v) is 2.12. The molecule has 0 aliphatic heterocycles. The van der Waals surface area contributed by atoms with E-state index in [-0.39, 0.29) is 4.90 Å². The number of nitrogens with zero attached hydrogens (tertiary/aromatic N) is 2. The second kappa shape index (κ2) is 3.02. The van der Waals surface area contributed by atoms with E-state index in [1.54, 1.807) is 0 Å². The highest BCUT2D eigenvalue weighted by atomic mass is 32.2. The number of sulfonamides is 1. The predicted molar refractivity (Wildman–Crippen MR) is 55.2 cm³/mol. The summed E-state index contributed by atoms with van der Waals surface area (Å²) in [6.45, 7) is 0. The third-order valence-corrected chi connectivity index (χ3v) is 3.51. The van der Waals surface area contributed by atoms with Crippen molar-refractivity contribution in [2.45, 2.75) is 23.7 Å². The van der Waals surface area contributed by atoms with Crippen LogP contribution in [0.3, 0.4) is 0 Å². The van der Waals surface area contributed by atoms with E-state index < -0.39 is 10.0 Å². The third kappa shape index (κ3) is 1.48. The largest absolute Gasteiger partial charge is 0.336 e. The molecule has 7 heteroatoms. The maximum absolute atomic E-state index is 11.2. The third-order valence-electron chi connectivity index (χ3n) is 2.63. The molecule has 84 valence electrons. The lowest BCUT2D eigenvalue weighted by Gasteiger charge is -1.96. The standard InChI is InChI=1S/C9H9N3O3S/c10-16(13,14)6-3-7-8(5-1-2-5)12-15-9(7)11-4-6/h3-5H,1-2H2,(H2,10,13,14). The van der Waals surface area contributed by atoms with Crippen LogP contribution in [0.15, 0.2) is 21.7 Å². The number of nitrogens with two attached hydrogens (primary N) is 1. The second-order valence-corrected chi connectivity index (χ2v) is 5.47. The van der Waals surface area contributed by atoms with Gasteiger partial charge in [0.05, 0.1) is 17.3 Å². The summed E-state index contributed by atoms with van der Waals surface area (Å²) >= 11 is 0. The van der Waals surface area contributed by atoms with E-state index in [1.165, 1.54) is 12.3 Å². The van der Waals surface area contributed by atoms with Crippen LogP contribution in [-0.4, -0.2) is 18.6 Å². The Balaban J connectivity index is 2.25. The van der Waals surface area contributed by atoms with Crippen LogP contribution in [0.25, 0.3) is 11.1 Å². The van der Waals surface area contributed by atoms with Gasteiger partial charge < -0.3 is 4.52 Å². The highest BCUT2D eigenvalue weighted by molar-refractivity contribution is 7.89. The van der Waals surface area contributed by atoms with Gasteiger partial charge in [-0.2, -0.15) is 0 Å². The summed E-state index contributed by atoms with van der Waals surface area (Å²) in [6, 6.07) is 1.47. The predicted octanol–water partition coefficient (Wildman–Crippen LogP) is 0.748. The quantitative estimate of drug-likeness (QED) is 0.833. The summed E-state index contributed by atoms with van der Waals surface area (Å²) in [5.74, 6) is 0.374. The molecule has 0 atom stereocenters. The van der Waals surface area contributed by atoms with Gasteiger partial charge in [-0.3, -0.25) is 0 Å². The Morgan fingerprint density at radius 2 is 2.19 bits per heavy atom. The molecule has 2 N–H and O–H groups in total. The average Bonchev–Trinajstić information content (AvgIpc) is 2.96. The van der Waals surface area contributed by atoms with Gasteiger partial charge in [-0.1, -0.05) is 5.16 Å². The van der Waals surface area contributed by atoms with E-state index in [9.17, 15) is 8.42 Å². The summed E-state index contributed by atoms with van der Waals surface area (Å²) < 4.78 is 27.4. The highest BCUT2D eigenvalue weighted by Gasteiger charge is 2.29. The number of pyridine rings is 1. The van der Waals surface area contributed by atoms with Gasteiger partial charge in [0.1, 0.15) is 4.90 Å². The average molecular weight is 239 g/mol. The Bertz CT molecular complexity index is 658. The lowest BCUT2D eigenvalue weighted by atomic mass is 10.2. The normalized spacial score (nSPS) is 16.8. The zero-order valence-electron chi connectivity index (χ0n) is 8.25. The summed E-state index contributed by atoms with van der Waals surface area (Å²) in [5, 5.41) is 9.59. The molecular weight excluding hydrogens is 230 g/mol. The summed E-state index contributed by atoms with van der Waals surface area (Å²) in [4.78, 5) is 3.88. The van der Waals surface area contributed by atoms with Crippen LogP contribution in [0.1, 0.15) is 24.5 Å². The molecule has 3 rings (SSSR count). The van der Waals surface area contributed by atoms with Crippen molar-refractivity contribution in [3.8, 4) is 0 Å². The Morgan fingerprint density at radius 3 is 2.81 bits per heavy atom. The Hall–Kier alpha value is -1.47. The summed E-state index contributed by atoms with van der Waals surface area (Å²) in [5.41, 5.74) is 1.14. The van der Waals surface area contributed by atoms with Crippen LogP contribution in [0.4, 0.5) is 0 Å². The Morgan fingerprint density at radius 1 is 1.44 bits per heavy atom. The van der Waals surface area contributed by atoms with Crippen molar-refractivity contribution in [3.05, 3.63) is 18.0 Å². The van der Waals surface area contributed by atoms with Gasteiger partial charge >= 0.3 is 0 Å². The Kier molecular flexibility index (Phi) is 1.84. The minimum atomic E-state index is -3.73. The highest BCUT2D eigenvalue weighted by Crippen LogP contribution is 2.42. The number of hydrogen-bond acceptors (Lipinski definition) is 5. The minimum absolute atomic E-state index is 0.00917. The Labute approximate surface area is 91.5 Å². The van der Waals surface area contributed by atoms with E-state index in [2.05, 4.69) is 10.1 Å². The van der Waals surface area contributed by atoms with Crippen molar-refractivity contribution < 1.29 is 12.9 Å². The molecule has 2 aromatic rings. The van der Waals surface area contributed by atoms with Crippen LogP contribution in [-0.2, 0) is 10.0 Å². The molecule has 16 heavy (non-hydrogen) atoms. The van der Waals surface area contributed by atoms with Gasteiger partial charge in [0.25, 0.3) is 5.71 Å². The van der Waals surface area contributed by atoms with E-state index in [1.807, 2.05) is 0 Å². The molecule has 2 heterocycles. The monoisotopic (exact) mass is 239 g/mol. The molecular formula is C9H9N3O3S. The molecule has 0 aromatic carbocycles. The topological polar surface area (TPSA) is 99.1 Å². The van der Waals surface area contributed by atoms with Gasteiger partial charge in [-0.05, 0) is 18.9 Å². The van der Waals surface area contributed by atoms with Crippen LogP contribution >= 0.6 is 0 Å². The van der Waals surface area contributed by atoms with Crippen molar-refractivity contribution in [1.82, 2.24) is 10.1 Å². The fourth-order valence-electron chi connectivity index (χ4n) is 1.64. The maximum atomic E-state index is 11.2. The summed E-state index contributed by atoms with van der Waals surface area (Å²) in [7, 11) is -3.73. The first kappa shape index (κ1) is 9.73. The SMILES string of the molecule is NS(=O)(=O)c1cnc2onc(C3CC3)c2c1. The zero-order chi connectivity index (χ0) is 11.3. The number of primary sulfonamides is 1. The molecule has 1 fully saturated rings. The molecule has 1 aliphatic carbocycles. The molecule has 1 saturated carbocycles. The number of hydrogen-bond donors (Lipinski definition) is 1. The zero-order valence-corrected chi connectivity index (χ0v) is 9.07. The van der Waals surface area contributed by atoms with Gasteiger partial charge in [-0.25, -0.2) is 18.5 Å². The van der Waals surface area contributed by atoms with Gasteiger partial charge in [0, 0.05) is 5.92 Å². The number of rotatable bonds is 2. The van der Waals surface area contributed by atoms with Crippen LogP contribution in [0, 0.1) is 0 Å². The minimum Gasteiger partial charge on any atom is -0.336 e. The molecule has 0 amide bonds. The smallest absolute Gasteiger partial charge is 0.258 e. The van der Waals surface area contributed by atoms with Crippen LogP contribution < -0.4 is 5.14 Å². The molecule has 0 bridgehead atoms. The molecule has 2 aromatic heterocycles. The van der Waals surface area contributed by atoms with Gasteiger partial charge in [0.15, 0.2) is 0 Å². The lowest BCUT2D eigenvalue weighted by molar-refractivity contribution is 0.439. The molecule has 0 saturated heterocycles. The van der Waals surface area contributed by atoms with Gasteiger partial charge in [-0.15, -0.1) is 0 Å². The molecule has 6 nitrogen and oxygen atoms in total. The van der Waals surface area contributed by atoms with Crippen molar-refractivity contribution in [2.24, 2.45) is 5.14 Å². The first-order chi connectivity index (χ1) is 7.55. The van der Waals surface area contributed by atoms with Crippen molar-refractivity contribution in [3.63, 3.8) is 0 Å². The van der Waals surface area contributed by atoms with Crippen molar-refractivity contribution >= 4 is 21.1 Å². The van der Waals surface area contributed by atoms with E-state index in [0.717, 1.165) is 18.5 Å². The van der Waals surface area contributed by atoms with Crippen LogP contribution in [0.5, 0.6) is 0 Å². The van der Waals surface area contributed by atoms with E-state index in [0.29, 0.717) is 17.0 Å². The fraction of sp³-hybridized carbons (Fsp3) is 0.333. The van der Waals surface area contributed by atoms with Crippen molar-refractivity contribution in [2.75, 3.05) is 0 Å². The van der Waals surface area contributed by atoms with E-state index in [4.69, 9.17) is 9.66 Å². The maximum Gasteiger partial charge on any atom is 0.258 e.